The average molecular weight is 382 g/mol. The first-order valence-corrected chi connectivity index (χ1v) is 8.41. The Morgan fingerprint density at radius 1 is 1.12 bits per heavy atom. The van der Waals surface area contributed by atoms with Crippen LogP contribution in [0, 0.1) is 5.82 Å². The van der Waals surface area contributed by atoms with Crippen molar-refractivity contribution < 1.29 is 26.0 Å². The average Bonchev–Trinajstić information content (AvgIpc) is 2.46. The van der Waals surface area contributed by atoms with Crippen LogP contribution in [0.25, 0.3) is 0 Å². The summed E-state index contributed by atoms with van der Waals surface area (Å²) in [6, 6.07) is 7.31. The molecule has 0 atom stereocenters. The molecule has 9 heteroatoms. The second-order valence-electron chi connectivity index (χ2n) is 5.03. The standard InChI is InChI=1S/C15H12ClF4NO2S/c1-21(9-10-3-2-4-12(17)7-10)24(22,23)14-8-11(15(18,19)20)5-6-13(14)16/h2-8H,9H2,1H3. The Morgan fingerprint density at radius 2 is 1.79 bits per heavy atom. The van der Waals surface area contributed by atoms with Crippen LogP contribution >= 0.6 is 11.6 Å². The Morgan fingerprint density at radius 3 is 2.38 bits per heavy atom. The molecule has 0 spiro atoms. The third-order valence-corrected chi connectivity index (χ3v) is 5.53. The molecule has 3 nitrogen and oxygen atoms in total. The number of rotatable bonds is 4. The number of benzene rings is 2. The van der Waals surface area contributed by atoms with E-state index in [0.29, 0.717) is 17.7 Å². The lowest BCUT2D eigenvalue weighted by Crippen LogP contribution is -2.27. The van der Waals surface area contributed by atoms with Crippen molar-refractivity contribution in [1.29, 1.82) is 0 Å². The van der Waals surface area contributed by atoms with E-state index in [1.54, 1.807) is 0 Å². The molecule has 0 N–H and O–H groups in total. The molecule has 0 aliphatic carbocycles. The normalized spacial score (nSPS) is 12.6. The molecule has 130 valence electrons. The predicted molar refractivity (Wildman–Crippen MR) is 81.5 cm³/mol. The summed E-state index contributed by atoms with van der Waals surface area (Å²) in [5.41, 5.74) is -0.770. The molecule has 0 aromatic heterocycles. The molecule has 2 rings (SSSR count). The van der Waals surface area contributed by atoms with Crippen molar-refractivity contribution in [2.24, 2.45) is 0 Å². The van der Waals surface area contributed by atoms with Gasteiger partial charge in [-0.2, -0.15) is 17.5 Å². The molecule has 0 saturated carbocycles. The van der Waals surface area contributed by atoms with Crippen molar-refractivity contribution >= 4 is 21.6 Å². The summed E-state index contributed by atoms with van der Waals surface area (Å²) in [6.45, 7) is -0.216. The van der Waals surface area contributed by atoms with Crippen LogP contribution < -0.4 is 0 Å². The number of halogens is 5. The minimum Gasteiger partial charge on any atom is -0.207 e. The Hall–Kier alpha value is -1.64. The van der Waals surface area contributed by atoms with E-state index in [9.17, 15) is 26.0 Å². The first kappa shape index (κ1) is 18.7. The predicted octanol–water partition coefficient (Wildman–Crippen LogP) is 4.32. The molecular formula is C15H12ClF4NO2S. The highest BCUT2D eigenvalue weighted by molar-refractivity contribution is 7.89. The molecule has 0 radical (unpaired) electrons. The maximum absolute atomic E-state index is 13.2. The number of nitrogens with zero attached hydrogens (tertiary/aromatic N) is 1. The lowest BCUT2D eigenvalue weighted by Gasteiger charge is -2.19. The molecule has 0 saturated heterocycles. The van der Waals surface area contributed by atoms with Crippen LogP contribution in [-0.4, -0.2) is 19.8 Å². The van der Waals surface area contributed by atoms with Crippen molar-refractivity contribution in [2.75, 3.05) is 7.05 Å². The number of sulfonamides is 1. The van der Waals surface area contributed by atoms with E-state index in [4.69, 9.17) is 11.6 Å². The van der Waals surface area contributed by atoms with E-state index in [0.717, 1.165) is 16.4 Å². The Kier molecular flexibility index (Phi) is 5.22. The lowest BCUT2D eigenvalue weighted by molar-refractivity contribution is -0.137. The first-order chi connectivity index (χ1) is 11.0. The maximum atomic E-state index is 13.2. The van der Waals surface area contributed by atoms with Crippen LogP contribution in [0.2, 0.25) is 5.02 Å². The monoisotopic (exact) mass is 381 g/mol. The van der Waals surface area contributed by atoms with Gasteiger partial charge >= 0.3 is 6.18 Å². The van der Waals surface area contributed by atoms with Gasteiger partial charge in [0.2, 0.25) is 10.0 Å². The molecular weight excluding hydrogens is 370 g/mol. The molecule has 0 aliphatic heterocycles. The van der Waals surface area contributed by atoms with E-state index in [1.807, 2.05) is 0 Å². The Balaban J connectivity index is 2.39. The van der Waals surface area contributed by atoms with Gasteiger partial charge in [0.15, 0.2) is 0 Å². The summed E-state index contributed by atoms with van der Waals surface area (Å²) in [5, 5.41) is -0.325. The van der Waals surface area contributed by atoms with E-state index < -0.39 is 32.5 Å². The van der Waals surface area contributed by atoms with Crippen molar-refractivity contribution in [3.63, 3.8) is 0 Å². The summed E-state index contributed by atoms with van der Waals surface area (Å²) in [4.78, 5) is -0.655. The van der Waals surface area contributed by atoms with Crippen LogP contribution in [0.4, 0.5) is 17.6 Å². The summed E-state index contributed by atoms with van der Waals surface area (Å²) in [6.07, 6.45) is -4.70. The lowest BCUT2D eigenvalue weighted by atomic mass is 10.2. The summed E-state index contributed by atoms with van der Waals surface area (Å²) >= 11 is 5.77. The van der Waals surface area contributed by atoms with Crippen molar-refractivity contribution in [1.82, 2.24) is 4.31 Å². The highest BCUT2D eigenvalue weighted by Crippen LogP contribution is 2.34. The smallest absolute Gasteiger partial charge is 0.207 e. The minimum atomic E-state index is -4.70. The summed E-state index contributed by atoms with van der Waals surface area (Å²) < 4.78 is 77.3. The van der Waals surface area contributed by atoms with Crippen molar-refractivity contribution in [3.8, 4) is 0 Å². The zero-order valence-electron chi connectivity index (χ0n) is 12.3. The SMILES string of the molecule is CN(Cc1cccc(F)c1)S(=O)(=O)c1cc(C(F)(F)F)ccc1Cl. The largest absolute Gasteiger partial charge is 0.416 e. The van der Waals surface area contributed by atoms with Gasteiger partial charge in [0.05, 0.1) is 10.6 Å². The number of alkyl halides is 3. The molecule has 24 heavy (non-hydrogen) atoms. The van der Waals surface area contributed by atoms with Gasteiger partial charge in [-0.05, 0) is 35.9 Å². The van der Waals surface area contributed by atoms with Crippen LogP contribution in [0.3, 0.4) is 0 Å². The van der Waals surface area contributed by atoms with E-state index in [1.165, 1.54) is 25.2 Å². The van der Waals surface area contributed by atoms with Gasteiger partial charge in [0, 0.05) is 13.6 Å². The zero-order chi connectivity index (χ0) is 18.1. The molecule has 2 aromatic carbocycles. The van der Waals surface area contributed by atoms with Gasteiger partial charge in [-0.25, -0.2) is 12.8 Å². The van der Waals surface area contributed by atoms with Crippen LogP contribution in [0.1, 0.15) is 11.1 Å². The third kappa shape index (κ3) is 4.06. The molecule has 0 heterocycles. The van der Waals surface area contributed by atoms with E-state index in [2.05, 4.69) is 0 Å². The highest BCUT2D eigenvalue weighted by atomic mass is 35.5. The number of hydrogen-bond donors (Lipinski definition) is 0. The van der Waals surface area contributed by atoms with Crippen molar-refractivity contribution in [2.45, 2.75) is 17.6 Å². The fraction of sp³-hybridized carbons (Fsp3) is 0.200. The van der Waals surface area contributed by atoms with Gasteiger partial charge in [0.1, 0.15) is 10.7 Å². The van der Waals surface area contributed by atoms with Gasteiger partial charge < -0.3 is 0 Å². The third-order valence-electron chi connectivity index (χ3n) is 3.24. The second kappa shape index (κ2) is 6.70. The van der Waals surface area contributed by atoms with Gasteiger partial charge in [-0.1, -0.05) is 23.7 Å². The topological polar surface area (TPSA) is 37.4 Å². The fourth-order valence-electron chi connectivity index (χ4n) is 2.02. The van der Waals surface area contributed by atoms with E-state index >= 15 is 0 Å². The molecule has 0 fully saturated rings. The summed E-state index contributed by atoms with van der Waals surface area (Å²) in [7, 11) is -3.11. The molecule has 0 bridgehead atoms. The maximum Gasteiger partial charge on any atom is 0.416 e. The zero-order valence-corrected chi connectivity index (χ0v) is 13.9. The molecule has 0 unspecified atom stereocenters. The van der Waals surface area contributed by atoms with E-state index in [-0.39, 0.29) is 11.6 Å². The van der Waals surface area contributed by atoms with Crippen molar-refractivity contribution in [3.05, 3.63) is 64.4 Å². The molecule has 0 amide bonds. The van der Waals surface area contributed by atoms with Gasteiger partial charge in [-0.3, -0.25) is 0 Å². The van der Waals surface area contributed by atoms with Gasteiger partial charge in [0.25, 0.3) is 0 Å². The Bertz CT molecular complexity index is 853. The van der Waals surface area contributed by atoms with Crippen LogP contribution in [0.15, 0.2) is 47.4 Å². The minimum absolute atomic E-state index is 0.216. The first-order valence-electron chi connectivity index (χ1n) is 6.59. The van der Waals surface area contributed by atoms with Gasteiger partial charge in [-0.15, -0.1) is 0 Å². The second-order valence-corrected chi connectivity index (χ2v) is 7.45. The highest BCUT2D eigenvalue weighted by Gasteiger charge is 2.33. The quantitative estimate of drug-likeness (QED) is 0.740. The molecule has 2 aromatic rings. The van der Waals surface area contributed by atoms with Crippen LogP contribution in [0.5, 0.6) is 0 Å². The molecule has 0 aliphatic rings. The van der Waals surface area contributed by atoms with Crippen LogP contribution in [-0.2, 0) is 22.7 Å². The summed E-state index contributed by atoms with van der Waals surface area (Å²) in [5.74, 6) is -0.546. The number of hydrogen-bond acceptors (Lipinski definition) is 2. The Labute approximate surface area is 141 Å². The fourth-order valence-corrected chi connectivity index (χ4v) is 3.68.